The molecule has 4 nitrogen and oxygen atoms in total. The third kappa shape index (κ3) is 1.31. The van der Waals surface area contributed by atoms with Crippen molar-refractivity contribution in [1.82, 2.24) is 4.98 Å². The molecule has 66 valence electrons. The zero-order valence-corrected chi connectivity index (χ0v) is 8.04. The van der Waals surface area contributed by atoms with Crippen LogP contribution in [0.4, 0.5) is 5.69 Å². The van der Waals surface area contributed by atoms with E-state index in [4.69, 9.17) is 0 Å². The summed E-state index contributed by atoms with van der Waals surface area (Å²) in [6.07, 6.45) is 1.75. The van der Waals surface area contributed by atoms with E-state index in [1.807, 2.05) is 6.07 Å². The Morgan fingerprint density at radius 1 is 1.46 bits per heavy atom. The largest absolute Gasteiger partial charge is 0.361 e. The van der Waals surface area contributed by atoms with Gasteiger partial charge < -0.3 is 4.98 Å². The second-order valence-electron chi connectivity index (χ2n) is 2.63. The van der Waals surface area contributed by atoms with Gasteiger partial charge in [0, 0.05) is 17.6 Å². The minimum absolute atomic E-state index is 0.0787. The summed E-state index contributed by atoms with van der Waals surface area (Å²) in [7, 11) is 0. The highest BCUT2D eigenvalue weighted by molar-refractivity contribution is 9.10. The van der Waals surface area contributed by atoms with Crippen LogP contribution in [0.3, 0.4) is 0 Å². The lowest BCUT2D eigenvalue weighted by Crippen LogP contribution is -1.88. The molecule has 0 atom stereocenters. The first-order valence-corrected chi connectivity index (χ1v) is 4.39. The van der Waals surface area contributed by atoms with Gasteiger partial charge in [-0.25, -0.2) is 0 Å². The topological polar surface area (TPSA) is 58.9 Å². The molecule has 0 bridgehead atoms. The van der Waals surface area contributed by atoms with Crippen molar-refractivity contribution in [3.8, 4) is 0 Å². The van der Waals surface area contributed by atoms with E-state index < -0.39 is 4.92 Å². The summed E-state index contributed by atoms with van der Waals surface area (Å²) in [4.78, 5) is 13.1. The standard InChI is InChI=1S/C8H5BrN2O2/c9-6-3-5-1-2-10-7(5)4-8(6)11(12)13/h1-4,10H. The summed E-state index contributed by atoms with van der Waals surface area (Å²) in [5.41, 5.74) is 0.852. The van der Waals surface area contributed by atoms with E-state index in [9.17, 15) is 10.1 Å². The van der Waals surface area contributed by atoms with Gasteiger partial charge in [-0.2, -0.15) is 0 Å². The normalized spacial score (nSPS) is 10.5. The fourth-order valence-electron chi connectivity index (χ4n) is 1.20. The van der Waals surface area contributed by atoms with Crippen LogP contribution in [-0.2, 0) is 0 Å². The maximum Gasteiger partial charge on any atom is 0.285 e. The number of rotatable bonds is 1. The van der Waals surface area contributed by atoms with Crippen molar-refractivity contribution in [2.75, 3.05) is 0 Å². The molecule has 0 aliphatic rings. The van der Waals surface area contributed by atoms with E-state index in [2.05, 4.69) is 20.9 Å². The van der Waals surface area contributed by atoms with Gasteiger partial charge in [-0.3, -0.25) is 10.1 Å². The maximum atomic E-state index is 10.5. The Labute approximate surface area is 81.8 Å². The van der Waals surface area contributed by atoms with Crippen molar-refractivity contribution < 1.29 is 4.92 Å². The number of nitrogens with one attached hydrogen (secondary N) is 1. The molecule has 0 unspecified atom stereocenters. The first-order valence-electron chi connectivity index (χ1n) is 3.59. The molecular formula is C8H5BrN2O2. The van der Waals surface area contributed by atoms with Gasteiger partial charge in [-0.1, -0.05) is 0 Å². The Balaban J connectivity index is 2.76. The predicted molar refractivity (Wildman–Crippen MR) is 52.7 cm³/mol. The number of hydrogen-bond acceptors (Lipinski definition) is 2. The van der Waals surface area contributed by atoms with E-state index in [1.165, 1.54) is 6.07 Å². The van der Waals surface area contributed by atoms with Crippen LogP contribution in [0.15, 0.2) is 28.9 Å². The molecule has 0 aliphatic heterocycles. The maximum absolute atomic E-state index is 10.5. The van der Waals surface area contributed by atoms with Crippen LogP contribution < -0.4 is 0 Å². The molecule has 5 heteroatoms. The number of nitro groups is 1. The molecule has 1 N–H and O–H groups in total. The summed E-state index contributed by atoms with van der Waals surface area (Å²) >= 11 is 3.15. The lowest BCUT2D eigenvalue weighted by atomic mass is 10.2. The molecule has 0 spiro atoms. The van der Waals surface area contributed by atoms with Gasteiger partial charge in [-0.15, -0.1) is 0 Å². The number of halogens is 1. The van der Waals surface area contributed by atoms with Crippen molar-refractivity contribution in [2.45, 2.75) is 0 Å². The van der Waals surface area contributed by atoms with Crippen LogP contribution in [-0.4, -0.2) is 9.91 Å². The van der Waals surface area contributed by atoms with Crippen molar-refractivity contribution in [2.24, 2.45) is 0 Å². The zero-order valence-electron chi connectivity index (χ0n) is 6.45. The third-order valence-corrected chi connectivity index (χ3v) is 2.45. The number of fused-ring (bicyclic) bond motifs is 1. The zero-order chi connectivity index (χ0) is 9.42. The number of H-pyrrole nitrogens is 1. The average molecular weight is 241 g/mol. The van der Waals surface area contributed by atoms with E-state index in [0.717, 1.165) is 10.9 Å². The van der Waals surface area contributed by atoms with Gasteiger partial charge in [0.2, 0.25) is 0 Å². The van der Waals surface area contributed by atoms with E-state index in [1.54, 1.807) is 12.3 Å². The fraction of sp³-hybridized carbons (Fsp3) is 0. The smallest absolute Gasteiger partial charge is 0.285 e. The minimum Gasteiger partial charge on any atom is -0.361 e. The SMILES string of the molecule is O=[N+]([O-])c1cc2[nH]ccc2cc1Br. The quantitative estimate of drug-likeness (QED) is 0.616. The highest BCUT2D eigenvalue weighted by Crippen LogP contribution is 2.29. The number of benzene rings is 1. The number of hydrogen-bond donors (Lipinski definition) is 1. The van der Waals surface area contributed by atoms with Crippen LogP contribution >= 0.6 is 15.9 Å². The van der Waals surface area contributed by atoms with E-state index >= 15 is 0 Å². The summed E-state index contributed by atoms with van der Waals surface area (Å²) in [5.74, 6) is 0. The monoisotopic (exact) mass is 240 g/mol. The molecule has 13 heavy (non-hydrogen) atoms. The summed E-state index contributed by atoms with van der Waals surface area (Å²) < 4.78 is 0.504. The lowest BCUT2D eigenvalue weighted by Gasteiger charge is -1.95. The van der Waals surface area contributed by atoms with Gasteiger partial charge in [0.1, 0.15) is 0 Å². The van der Waals surface area contributed by atoms with Crippen LogP contribution in [0.1, 0.15) is 0 Å². The molecule has 0 radical (unpaired) electrons. The molecular weight excluding hydrogens is 236 g/mol. The van der Waals surface area contributed by atoms with E-state index in [-0.39, 0.29) is 5.69 Å². The van der Waals surface area contributed by atoms with Crippen LogP contribution in [0, 0.1) is 10.1 Å². The second kappa shape index (κ2) is 2.85. The summed E-state index contributed by atoms with van der Waals surface area (Å²) in [6, 6.07) is 5.10. The van der Waals surface area contributed by atoms with Gasteiger partial charge in [-0.05, 0) is 28.1 Å². The average Bonchev–Trinajstić information content (AvgIpc) is 2.48. The number of nitrogens with zero attached hydrogens (tertiary/aromatic N) is 1. The molecule has 0 aliphatic carbocycles. The number of nitro benzene ring substituents is 1. The molecule has 2 rings (SSSR count). The Morgan fingerprint density at radius 3 is 2.92 bits per heavy atom. The minimum atomic E-state index is -0.412. The first-order chi connectivity index (χ1) is 6.18. The number of aromatic amines is 1. The van der Waals surface area contributed by atoms with E-state index in [0.29, 0.717) is 4.47 Å². The van der Waals surface area contributed by atoms with Crippen molar-refractivity contribution in [3.63, 3.8) is 0 Å². The second-order valence-corrected chi connectivity index (χ2v) is 3.48. The highest BCUT2D eigenvalue weighted by atomic mass is 79.9. The Morgan fingerprint density at radius 2 is 2.23 bits per heavy atom. The van der Waals surface area contributed by atoms with Gasteiger partial charge in [0.15, 0.2) is 0 Å². The highest BCUT2D eigenvalue weighted by Gasteiger charge is 2.12. The summed E-state index contributed by atoms with van der Waals surface area (Å²) in [6.45, 7) is 0. The van der Waals surface area contributed by atoms with Crippen molar-refractivity contribution in [3.05, 3.63) is 39.0 Å². The Bertz CT molecular complexity index is 478. The van der Waals surface area contributed by atoms with Gasteiger partial charge in [0.25, 0.3) is 5.69 Å². The molecule has 0 amide bonds. The molecule has 1 heterocycles. The lowest BCUT2D eigenvalue weighted by molar-refractivity contribution is -0.385. The van der Waals surface area contributed by atoms with Gasteiger partial charge in [0.05, 0.1) is 14.9 Å². The predicted octanol–water partition coefficient (Wildman–Crippen LogP) is 2.84. The molecule has 0 saturated heterocycles. The van der Waals surface area contributed by atoms with Crippen molar-refractivity contribution in [1.29, 1.82) is 0 Å². The molecule has 1 aromatic heterocycles. The molecule has 0 saturated carbocycles. The van der Waals surface area contributed by atoms with Crippen molar-refractivity contribution >= 4 is 32.5 Å². The fourth-order valence-corrected chi connectivity index (χ4v) is 1.71. The summed E-state index contributed by atoms with van der Waals surface area (Å²) in [5, 5.41) is 11.5. The molecule has 0 fully saturated rings. The Kier molecular flexibility index (Phi) is 1.81. The third-order valence-electron chi connectivity index (χ3n) is 1.82. The van der Waals surface area contributed by atoms with Crippen LogP contribution in [0.2, 0.25) is 0 Å². The van der Waals surface area contributed by atoms with Crippen LogP contribution in [0.25, 0.3) is 10.9 Å². The van der Waals surface area contributed by atoms with Crippen LogP contribution in [0.5, 0.6) is 0 Å². The molecule has 2 aromatic rings. The molecule has 1 aromatic carbocycles. The first kappa shape index (κ1) is 8.25. The number of aromatic nitrogens is 1. The van der Waals surface area contributed by atoms with Gasteiger partial charge >= 0.3 is 0 Å². The Hall–Kier alpha value is -1.36.